The van der Waals surface area contributed by atoms with Crippen LogP contribution in [-0.2, 0) is 14.3 Å². The lowest BCUT2D eigenvalue weighted by molar-refractivity contribution is -0.148. The summed E-state index contributed by atoms with van der Waals surface area (Å²) in [4.78, 5) is 24.3. The fraction of sp³-hybridized carbons (Fsp3) is 0.214. The lowest BCUT2D eigenvalue weighted by Gasteiger charge is -2.10. The number of esters is 1. The molecule has 0 radical (unpaired) electrons. The number of aromatic nitrogens is 1. The molecule has 2 aromatic rings. The molecular formula is C14H14N2O4S. The first-order chi connectivity index (χ1) is 10.0. The average molecular weight is 306 g/mol. The summed E-state index contributed by atoms with van der Waals surface area (Å²) in [6.07, 6.45) is 2.00. The first-order valence-electron chi connectivity index (χ1n) is 6.21. The summed E-state index contributed by atoms with van der Waals surface area (Å²) >= 11 is 1.50. The van der Waals surface area contributed by atoms with E-state index in [-0.39, 0.29) is 5.82 Å². The summed E-state index contributed by atoms with van der Waals surface area (Å²) in [6.45, 7) is 3.20. The first kappa shape index (κ1) is 15.0. The van der Waals surface area contributed by atoms with Gasteiger partial charge in [-0.05, 0) is 31.4 Å². The third kappa shape index (κ3) is 4.57. The van der Waals surface area contributed by atoms with Gasteiger partial charge in [0.1, 0.15) is 5.76 Å². The second kappa shape index (κ2) is 6.85. The van der Waals surface area contributed by atoms with Crippen LogP contribution in [0.5, 0.6) is 0 Å². The Hall–Kier alpha value is -2.41. The standard InChI is InChI=1S/C14H14N2O4S/c1-9-8-12(16-20-9)15-14(18)10(2)19-13(17)6-5-11-4-3-7-21-11/h3-8,10H,1-2H3,(H,15,16,18)/b6-5+/t10-/m0/s1. The number of aryl methyl sites for hydroxylation is 1. The van der Waals surface area contributed by atoms with Crippen molar-refractivity contribution in [3.05, 3.63) is 40.3 Å². The van der Waals surface area contributed by atoms with E-state index >= 15 is 0 Å². The lowest BCUT2D eigenvalue weighted by Crippen LogP contribution is -2.29. The maximum Gasteiger partial charge on any atom is 0.331 e. The van der Waals surface area contributed by atoms with Gasteiger partial charge in [-0.15, -0.1) is 11.3 Å². The Morgan fingerprint density at radius 2 is 2.33 bits per heavy atom. The Balaban J connectivity index is 1.84. The van der Waals surface area contributed by atoms with Crippen LogP contribution in [0.2, 0.25) is 0 Å². The number of nitrogens with zero attached hydrogens (tertiary/aromatic N) is 1. The molecule has 21 heavy (non-hydrogen) atoms. The Labute approximate surface area is 125 Å². The number of carbonyl (C=O) groups is 2. The Bertz CT molecular complexity index is 646. The van der Waals surface area contributed by atoms with Gasteiger partial charge in [0.05, 0.1) is 0 Å². The van der Waals surface area contributed by atoms with E-state index in [9.17, 15) is 9.59 Å². The zero-order chi connectivity index (χ0) is 15.2. The van der Waals surface area contributed by atoms with Crippen LogP contribution in [0.25, 0.3) is 6.08 Å². The minimum atomic E-state index is -0.928. The van der Waals surface area contributed by atoms with Crippen LogP contribution in [0, 0.1) is 6.92 Å². The third-order valence-electron chi connectivity index (χ3n) is 2.47. The Kier molecular flexibility index (Phi) is 4.89. The Morgan fingerprint density at radius 1 is 1.52 bits per heavy atom. The molecule has 0 spiro atoms. The van der Waals surface area contributed by atoms with E-state index < -0.39 is 18.0 Å². The fourth-order valence-electron chi connectivity index (χ4n) is 1.46. The van der Waals surface area contributed by atoms with Gasteiger partial charge in [0, 0.05) is 17.0 Å². The van der Waals surface area contributed by atoms with Gasteiger partial charge in [0.2, 0.25) is 0 Å². The molecule has 2 heterocycles. The summed E-state index contributed by atoms with van der Waals surface area (Å²) in [7, 11) is 0. The zero-order valence-corrected chi connectivity index (χ0v) is 12.3. The number of hydrogen-bond acceptors (Lipinski definition) is 6. The van der Waals surface area contributed by atoms with Crippen molar-refractivity contribution in [1.82, 2.24) is 5.16 Å². The molecule has 0 unspecified atom stereocenters. The van der Waals surface area contributed by atoms with E-state index in [2.05, 4.69) is 10.5 Å². The van der Waals surface area contributed by atoms with Gasteiger partial charge in [-0.25, -0.2) is 4.79 Å². The van der Waals surface area contributed by atoms with Gasteiger partial charge in [-0.3, -0.25) is 4.79 Å². The zero-order valence-electron chi connectivity index (χ0n) is 11.5. The topological polar surface area (TPSA) is 81.4 Å². The third-order valence-corrected chi connectivity index (χ3v) is 3.31. The number of carbonyl (C=O) groups excluding carboxylic acids is 2. The minimum absolute atomic E-state index is 0.287. The van der Waals surface area contributed by atoms with Crippen molar-refractivity contribution in [2.24, 2.45) is 0 Å². The van der Waals surface area contributed by atoms with Gasteiger partial charge in [0.15, 0.2) is 11.9 Å². The average Bonchev–Trinajstić information content (AvgIpc) is 3.08. The predicted molar refractivity (Wildman–Crippen MR) is 78.8 cm³/mol. The second-order valence-corrected chi connectivity index (χ2v) is 5.22. The molecule has 0 aliphatic rings. The highest BCUT2D eigenvalue weighted by Crippen LogP contribution is 2.11. The van der Waals surface area contributed by atoms with Crippen molar-refractivity contribution in [2.75, 3.05) is 5.32 Å². The van der Waals surface area contributed by atoms with Crippen LogP contribution in [0.1, 0.15) is 17.6 Å². The summed E-state index contributed by atoms with van der Waals surface area (Å²) in [5.74, 6) is -0.188. The molecule has 1 amide bonds. The quantitative estimate of drug-likeness (QED) is 0.678. The molecule has 0 fully saturated rings. The Morgan fingerprint density at radius 3 is 2.95 bits per heavy atom. The largest absolute Gasteiger partial charge is 0.449 e. The molecular weight excluding hydrogens is 292 g/mol. The molecule has 0 aromatic carbocycles. The van der Waals surface area contributed by atoms with E-state index in [0.29, 0.717) is 5.76 Å². The lowest BCUT2D eigenvalue weighted by atomic mass is 10.3. The van der Waals surface area contributed by atoms with Gasteiger partial charge in [-0.1, -0.05) is 11.2 Å². The summed E-state index contributed by atoms with van der Waals surface area (Å²) < 4.78 is 9.82. The number of hydrogen-bond donors (Lipinski definition) is 1. The fourth-order valence-corrected chi connectivity index (χ4v) is 2.07. The van der Waals surface area contributed by atoms with Crippen LogP contribution >= 0.6 is 11.3 Å². The van der Waals surface area contributed by atoms with Gasteiger partial charge in [-0.2, -0.15) is 0 Å². The molecule has 0 saturated heterocycles. The summed E-state index contributed by atoms with van der Waals surface area (Å²) in [6, 6.07) is 5.33. The van der Waals surface area contributed by atoms with E-state index in [0.717, 1.165) is 4.88 Å². The normalized spacial score (nSPS) is 12.3. The summed E-state index contributed by atoms with van der Waals surface area (Å²) in [5.41, 5.74) is 0. The number of amides is 1. The molecule has 2 aromatic heterocycles. The molecule has 110 valence electrons. The number of anilines is 1. The number of ether oxygens (including phenoxy) is 1. The molecule has 7 heteroatoms. The van der Waals surface area contributed by atoms with E-state index in [1.807, 2.05) is 17.5 Å². The molecule has 1 N–H and O–H groups in total. The van der Waals surface area contributed by atoms with Crippen LogP contribution in [0.3, 0.4) is 0 Å². The highest BCUT2D eigenvalue weighted by molar-refractivity contribution is 7.10. The smallest absolute Gasteiger partial charge is 0.331 e. The highest BCUT2D eigenvalue weighted by atomic mass is 32.1. The SMILES string of the molecule is Cc1cc(NC(=O)[C@H](C)OC(=O)/C=C/c2cccs2)no1. The molecule has 6 nitrogen and oxygen atoms in total. The summed E-state index contributed by atoms with van der Waals surface area (Å²) in [5, 5.41) is 8.03. The molecule has 0 bridgehead atoms. The first-order valence-corrected chi connectivity index (χ1v) is 7.09. The van der Waals surface area contributed by atoms with Crippen LogP contribution in [-0.4, -0.2) is 23.1 Å². The van der Waals surface area contributed by atoms with Crippen molar-refractivity contribution < 1.29 is 18.8 Å². The van der Waals surface area contributed by atoms with Crippen molar-refractivity contribution >= 4 is 35.1 Å². The molecule has 0 aliphatic heterocycles. The number of thiophene rings is 1. The van der Waals surface area contributed by atoms with E-state index in [1.165, 1.54) is 24.3 Å². The van der Waals surface area contributed by atoms with Gasteiger partial charge in [0.25, 0.3) is 5.91 Å². The van der Waals surface area contributed by atoms with Gasteiger partial charge < -0.3 is 14.6 Å². The maximum absolute atomic E-state index is 11.8. The van der Waals surface area contributed by atoms with Crippen molar-refractivity contribution in [3.8, 4) is 0 Å². The molecule has 2 rings (SSSR count). The van der Waals surface area contributed by atoms with Crippen LogP contribution in [0.15, 0.2) is 34.2 Å². The van der Waals surface area contributed by atoms with Crippen molar-refractivity contribution in [1.29, 1.82) is 0 Å². The van der Waals surface area contributed by atoms with E-state index in [1.54, 1.807) is 19.1 Å². The predicted octanol–water partition coefficient (Wildman–Crippen LogP) is 2.63. The van der Waals surface area contributed by atoms with Crippen molar-refractivity contribution in [3.63, 3.8) is 0 Å². The molecule has 0 saturated carbocycles. The van der Waals surface area contributed by atoms with Crippen LogP contribution in [0.4, 0.5) is 5.82 Å². The maximum atomic E-state index is 11.8. The van der Waals surface area contributed by atoms with Crippen molar-refractivity contribution in [2.45, 2.75) is 20.0 Å². The van der Waals surface area contributed by atoms with E-state index in [4.69, 9.17) is 9.26 Å². The van der Waals surface area contributed by atoms with Crippen LogP contribution < -0.4 is 5.32 Å². The molecule has 1 atom stereocenters. The van der Waals surface area contributed by atoms with Gasteiger partial charge >= 0.3 is 5.97 Å². The highest BCUT2D eigenvalue weighted by Gasteiger charge is 2.17. The minimum Gasteiger partial charge on any atom is -0.449 e. The second-order valence-electron chi connectivity index (χ2n) is 4.24. The molecule has 0 aliphatic carbocycles. The number of rotatable bonds is 5. The number of nitrogens with one attached hydrogen (secondary N) is 1. The monoisotopic (exact) mass is 306 g/mol.